The second-order valence-corrected chi connectivity index (χ2v) is 8.50. The SMILES string of the molecule is O=C(O)[C@H]1CN(C(=O)OCC2c3ccccc3-c3ccccc32)CC[C@@H]1c1ccccc1. The summed E-state index contributed by atoms with van der Waals surface area (Å²) in [6, 6.07) is 26.1. The van der Waals surface area contributed by atoms with E-state index in [9.17, 15) is 14.7 Å². The van der Waals surface area contributed by atoms with Gasteiger partial charge in [-0.1, -0.05) is 78.9 Å². The van der Waals surface area contributed by atoms with Crippen LogP contribution in [-0.4, -0.2) is 41.8 Å². The van der Waals surface area contributed by atoms with Gasteiger partial charge >= 0.3 is 12.1 Å². The Labute approximate surface area is 187 Å². The molecule has 5 nitrogen and oxygen atoms in total. The molecule has 0 saturated carbocycles. The molecule has 1 amide bonds. The fourth-order valence-corrected chi connectivity index (χ4v) is 5.15. The number of hydrogen-bond acceptors (Lipinski definition) is 3. The van der Waals surface area contributed by atoms with Crippen LogP contribution in [0.3, 0.4) is 0 Å². The molecule has 1 aliphatic carbocycles. The molecule has 1 aliphatic heterocycles. The van der Waals surface area contributed by atoms with E-state index < -0.39 is 18.0 Å². The Morgan fingerprint density at radius 3 is 2.09 bits per heavy atom. The van der Waals surface area contributed by atoms with E-state index in [0.29, 0.717) is 13.0 Å². The molecule has 2 aliphatic rings. The molecular weight excluding hydrogens is 402 g/mol. The van der Waals surface area contributed by atoms with Gasteiger partial charge in [-0.15, -0.1) is 0 Å². The quantitative estimate of drug-likeness (QED) is 0.627. The highest BCUT2D eigenvalue weighted by molar-refractivity contribution is 5.79. The standard InChI is InChI=1S/C27H25NO4/c29-26(30)24-16-28(15-14-19(24)18-8-2-1-3-9-18)27(31)32-17-25-22-12-6-4-10-20(22)21-11-5-7-13-23(21)25/h1-13,19,24-25H,14-17H2,(H,29,30)/t19-,24+/m1/s1. The smallest absolute Gasteiger partial charge is 0.409 e. The van der Waals surface area contributed by atoms with Crippen LogP contribution in [0, 0.1) is 5.92 Å². The summed E-state index contributed by atoms with van der Waals surface area (Å²) in [6.45, 7) is 0.884. The van der Waals surface area contributed by atoms with Crippen molar-refractivity contribution in [3.8, 4) is 11.1 Å². The van der Waals surface area contributed by atoms with E-state index in [1.165, 1.54) is 11.1 Å². The van der Waals surface area contributed by atoms with Gasteiger partial charge in [0.1, 0.15) is 6.61 Å². The summed E-state index contributed by atoms with van der Waals surface area (Å²) >= 11 is 0. The summed E-state index contributed by atoms with van der Waals surface area (Å²) in [6.07, 6.45) is 0.162. The molecule has 3 aromatic carbocycles. The Morgan fingerprint density at radius 2 is 1.47 bits per heavy atom. The van der Waals surface area contributed by atoms with Crippen molar-refractivity contribution in [2.45, 2.75) is 18.3 Å². The van der Waals surface area contributed by atoms with Gasteiger partial charge in [0.15, 0.2) is 0 Å². The van der Waals surface area contributed by atoms with E-state index in [0.717, 1.165) is 16.7 Å². The topological polar surface area (TPSA) is 66.8 Å². The monoisotopic (exact) mass is 427 g/mol. The van der Waals surface area contributed by atoms with Crippen molar-refractivity contribution < 1.29 is 19.4 Å². The largest absolute Gasteiger partial charge is 0.481 e. The van der Waals surface area contributed by atoms with Gasteiger partial charge in [-0.3, -0.25) is 4.79 Å². The summed E-state index contributed by atoms with van der Waals surface area (Å²) in [4.78, 5) is 26.4. The molecule has 0 bridgehead atoms. The molecule has 1 N–H and O–H groups in total. The second-order valence-electron chi connectivity index (χ2n) is 8.50. The van der Waals surface area contributed by atoms with Crippen LogP contribution < -0.4 is 0 Å². The third-order valence-corrected chi connectivity index (χ3v) is 6.75. The predicted octanol–water partition coefficient (Wildman–Crippen LogP) is 5.13. The van der Waals surface area contributed by atoms with Crippen LogP contribution in [0.25, 0.3) is 11.1 Å². The van der Waals surface area contributed by atoms with Crippen molar-refractivity contribution in [2.24, 2.45) is 5.92 Å². The Morgan fingerprint density at radius 1 is 0.875 bits per heavy atom. The third kappa shape index (κ3) is 3.64. The Hall–Kier alpha value is -3.60. The van der Waals surface area contributed by atoms with Crippen LogP contribution in [-0.2, 0) is 9.53 Å². The lowest BCUT2D eigenvalue weighted by Crippen LogP contribution is -2.46. The molecule has 0 aromatic heterocycles. The molecule has 1 saturated heterocycles. The summed E-state index contributed by atoms with van der Waals surface area (Å²) in [7, 11) is 0. The van der Waals surface area contributed by atoms with Crippen molar-refractivity contribution in [3.05, 3.63) is 95.6 Å². The van der Waals surface area contributed by atoms with E-state index in [1.54, 1.807) is 4.90 Å². The van der Waals surface area contributed by atoms with Crippen molar-refractivity contribution in [1.29, 1.82) is 0 Å². The minimum absolute atomic E-state index is 0.0107. The van der Waals surface area contributed by atoms with Crippen molar-refractivity contribution in [1.82, 2.24) is 4.90 Å². The highest BCUT2D eigenvalue weighted by atomic mass is 16.6. The van der Waals surface area contributed by atoms with E-state index >= 15 is 0 Å². The minimum atomic E-state index is -0.880. The molecule has 3 aromatic rings. The minimum Gasteiger partial charge on any atom is -0.481 e. The van der Waals surface area contributed by atoms with Crippen LogP contribution in [0.5, 0.6) is 0 Å². The number of ether oxygens (including phenoxy) is 1. The molecule has 5 rings (SSSR count). The first kappa shape index (κ1) is 20.3. The highest BCUT2D eigenvalue weighted by Gasteiger charge is 2.38. The van der Waals surface area contributed by atoms with Gasteiger partial charge in [0.2, 0.25) is 0 Å². The van der Waals surface area contributed by atoms with Crippen LogP contribution in [0.15, 0.2) is 78.9 Å². The summed E-state index contributed by atoms with van der Waals surface area (Å²) in [5.74, 6) is -1.64. The molecule has 5 heteroatoms. The van der Waals surface area contributed by atoms with Crippen molar-refractivity contribution >= 4 is 12.1 Å². The molecule has 32 heavy (non-hydrogen) atoms. The molecular formula is C27H25NO4. The normalized spacial score (nSPS) is 19.8. The van der Waals surface area contributed by atoms with E-state index in [4.69, 9.17) is 4.74 Å². The van der Waals surface area contributed by atoms with Crippen molar-refractivity contribution in [3.63, 3.8) is 0 Å². The fourth-order valence-electron chi connectivity index (χ4n) is 5.15. The van der Waals surface area contributed by atoms with Crippen molar-refractivity contribution in [2.75, 3.05) is 19.7 Å². The molecule has 2 atom stereocenters. The van der Waals surface area contributed by atoms with Crippen LogP contribution in [0.2, 0.25) is 0 Å². The Kier molecular flexibility index (Phi) is 5.39. The van der Waals surface area contributed by atoms with E-state index in [2.05, 4.69) is 24.3 Å². The number of carboxylic acids is 1. The van der Waals surface area contributed by atoms with Gasteiger partial charge < -0.3 is 14.7 Å². The average molecular weight is 428 g/mol. The number of hydrogen-bond donors (Lipinski definition) is 1. The lowest BCUT2D eigenvalue weighted by molar-refractivity contribution is -0.144. The highest BCUT2D eigenvalue weighted by Crippen LogP contribution is 2.44. The molecule has 0 unspecified atom stereocenters. The number of carboxylic acid groups (broad SMARTS) is 1. The predicted molar refractivity (Wildman–Crippen MR) is 122 cm³/mol. The number of amides is 1. The van der Waals surface area contributed by atoms with Gasteiger partial charge in [0, 0.05) is 24.9 Å². The number of carbonyl (C=O) groups is 2. The number of aliphatic carboxylic acids is 1. The average Bonchev–Trinajstić information content (AvgIpc) is 3.16. The summed E-state index contributed by atoms with van der Waals surface area (Å²) < 4.78 is 5.74. The molecule has 0 radical (unpaired) electrons. The van der Waals surface area contributed by atoms with Gasteiger partial charge in [0.05, 0.1) is 5.92 Å². The maximum Gasteiger partial charge on any atom is 0.409 e. The third-order valence-electron chi connectivity index (χ3n) is 6.75. The summed E-state index contributed by atoms with van der Waals surface area (Å²) in [5.41, 5.74) is 5.69. The maximum atomic E-state index is 12.9. The molecule has 162 valence electrons. The molecule has 1 heterocycles. The zero-order chi connectivity index (χ0) is 22.1. The Balaban J connectivity index is 1.29. The van der Waals surface area contributed by atoms with Crippen LogP contribution in [0.1, 0.15) is 34.9 Å². The van der Waals surface area contributed by atoms with Crippen LogP contribution in [0.4, 0.5) is 4.79 Å². The van der Waals surface area contributed by atoms with Gasteiger partial charge in [0.25, 0.3) is 0 Å². The second kappa shape index (κ2) is 8.50. The van der Waals surface area contributed by atoms with Gasteiger partial charge in [-0.25, -0.2) is 4.79 Å². The number of carbonyl (C=O) groups excluding carboxylic acids is 1. The number of nitrogens with zero attached hydrogens (tertiary/aromatic N) is 1. The number of benzene rings is 3. The van der Waals surface area contributed by atoms with Gasteiger partial charge in [-0.2, -0.15) is 0 Å². The first-order chi connectivity index (χ1) is 15.6. The van der Waals surface area contributed by atoms with Crippen LogP contribution >= 0.6 is 0 Å². The fraction of sp³-hybridized carbons (Fsp3) is 0.259. The number of rotatable bonds is 4. The zero-order valence-electron chi connectivity index (χ0n) is 17.7. The lowest BCUT2D eigenvalue weighted by atomic mass is 9.80. The number of fused-ring (bicyclic) bond motifs is 3. The molecule has 1 fully saturated rings. The Bertz CT molecular complexity index is 1100. The number of piperidine rings is 1. The maximum absolute atomic E-state index is 12.9. The number of likely N-dealkylation sites (tertiary alicyclic amines) is 1. The van der Waals surface area contributed by atoms with E-state index in [-0.39, 0.29) is 25.0 Å². The lowest BCUT2D eigenvalue weighted by Gasteiger charge is -2.36. The first-order valence-corrected chi connectivity index (χ1v) is 11.0. The summed E-state index contributed by atoms with van der Waals surface area (Å²) in [5, 5.41) is 9.81. The van der Waals surface area contributed by atoms with Gasteiger partial charge in [-0.05, 0) is 34.2 Å². The van der Waals surface area contributed by atoms with E-state index in [1.807, 2.05) is 54.6 Å². The zero-order valence-corrected chi connectivity index (χ0v) is 17.7. The molecule has 0 spiro atoms. The first-order valence-electron chi connectivity index (χ1n) is 11.0.